The van der Waals surface area contributed by atoms with E-state index in [9.17, 15) is 4.79 Å². The summed E-state index contributed by atoms with van der Waals surface area (Å²) in [5, 5.41) is 4.39. The molecular weight excluding hydrogens is 300 g/mol. The fraction of sp³-hybridized carbons (Fsp3) is 0.650. The molecule has 3 saturated carbocycles. The summed E-state index contributed by atoms with van der Waals surface area (Å²) in [5.41, 5.74) is 1.24. The Labute approximate surface area is 143 Å². The Hall–Kier alpha value is -1.55. The topological polar surface area (TPSA) is 32.8 Å². The van der Waals surface area contributed by atoms with Crippen LogP contribution in [0.2, 0.25) is 0 Å². The molecule has 1 heterocycles. The van der Waals surface area contributed by atoms with Crippen LogP contribution in [0.15, 0.2) is 24.3 Å². The van der Waals surface area contributed by atoms with Crippen LogP contribution < -0.4 is 4.74 Å². The maximum Gasteiger partial charge on any atom is 0.253 e. The summed E-state index contributed by atoms with van der Waals surface area (Å²) in [4.78, 5) is 12.4. The summed E-state index contributed by atoms with van der Waals surface area (Å²) in [6, 6.07) is 8.67. The van der Waals surface area contributed by atoms with Gasteiger partial charge in [0.25, 0.3) is 5.91 Å². The van der Waals surface area contributed by atoms with Crippen LogP contribution in [-0.4, -0.2) is 35.6 Å². The van der Waals surface area contributed by atoms with Crippen molar-refractivity contribution >= 4 is 5.91 Å². The molecule has 4 nitrogen and oxygen atoms in total. The SMILES string of the molecule is COc1ccc(CN2CC(=O)N2C2CCC3CC4CC2CC34)cc1. The van der Waals surface area contributed by atoms with Gasteiger partial charge in [-0.3, -0.25) is 9.80 Å². The standard InChI is InChI=1S/C20H26N2O2/c1-24-17-5-2-13(3-6-17)11-21-12-20(23)22(21)19-7-4-14-8-15-9-16(19)10-18(14)15/h2-3,5-6,14-16,18-19H,4,7-12H2,1H3. The van der Waals surface area contributed by atoms with Gasteiger partial charge in [0.05, 0.1) is 19.7 Å². The second-order valence-electron chi connectivity index (χ2n) is 8.20. The van der Waals surface area contributed by atoms with Crippen molar-refractivity contribution in [2.45, 2.75) is 44.7 Å². The van der Waals surface area contributed by atoms with Crippen LogP contribution in [0.5, 0.6) is 5.75 Å². The Morgan fingerprint density at radius 2 is 1.83 bits per heavy atom. The molecular formula is C20H26N2O2. The number of fused-ring (bicyclic) bond motifs is 1. The van der Waals surface area contributed by atoms with E-state index in [2.05, 4.69) is 22.2 Å². The number of hydrogen-bond acceptors (Lipinski definition) is 3. The van der Waals surface area contributed by atoms with E-state index in [0.29, 0.717) is 18.5 Å². The van der Waals surface area contributed by atoms with E-state index in [0.717, 1.165) is 36.0 Å². The maximum atomic E-state index is 12.4. The van der Waals surface area contributed by atoms with Gasteiger partial charge in [-0.25, -0.2) is 5.01 Å². The van der Waals surface area contributed by atoms with Crippen molar-refractivity contribution in [2.75, 3.05) is 13.7 Å². The summed E-state index contributed by atoms with van der Waals surface area (Å²) in [6.07, 6.45) is 6.76. The van der Waals surface area contributed by atoms with Gasteiger partial charge in [-0.15, -0.1) is 0 Å². The first-order chi connectivity index (χ1) is 11.7. The van der Waals surface area contributed by atoms with E-state index >= 15 is 0 Å². The van der Waals surface area contributed by atoms with Crippen molar-refractivity contribution in [1.29, 1.82) is 0 Å². The third-order valence-corrected chi connectivity index (χ3v) is 7.09. The summed E-state index contributed by atoms with van der Waals surface area (Å²) < 4.78 is 5.23. The molecule has 0 aromatic heterocycles. The molecule has 4 fully saturated rings. The van der Waals surface area contributed by atoms with Crippen LogP contribution in [-0.2, 0) is 11.3 Å². The zero-order chi connectivity index (χ0) is 16.3. The van der Waals surface area contributed by atoms with Gasteiger partial charge in [-0.05, 0) is 73.5 Å². The molecule has 0 radical (unpaired) electrons. The predicted molar refractivity (Wildman–Crippen MR) is 91.1 cm³/mol. The van der Waals surface area contributed by atoms with Crippen molar-refractivity contribution in [1.82, 2.24) is 10.0 Å². The molecule has 3 aliphatic carbocycles. The second-order valence-corrected chi connectivity index (χ2v) is 8.20. The number of nitrogens with zero attached hydrogens (tertiary/aromatic N) is 2. The first-order valence-corrected chi connectivity index (χ1v) is 9.43. The molecule has 4 heteroatoms. The van der Waals surface area contributed by atoms with Crippen LogP contribution in [0.3, 0.4) is 0 Å². The molecule has 1 saturated heterocycles. The van der Waals surface area contributed by atoms with Crippen molar-refractivity contribution in [3.8, 4) is 5.75 Å². The second kappa shape index (κ2) is 5.48. The van der Waals surface area contributed by atoms with Gasteiger partial charge in [0.15, 0.2) is 0 Å². The number of benzene rings is 1. The molecule has 128 valence electrons. The highest BCUT2D eigenvalue weighted by Crippen LogP contribution is 2.59. The van der Waals surface area contributed by atoms with Crippen LogP contribution >= 0.6 is 0 Å². The average Bonchev–Trinajstić information content (AvgIpc) is 2.83. The number of rotatable bonds is 4. The van der Waals surface area contributed by atoms with E-state index in [1.807, 2.05) is 12.1 Å². The molecule has 5 unspecified atom stereocenters. The van der Waals surface area contributed by atoms with Gasteiger partial charge >= 0.3 is 0 Å². The smallest absolute Gasteiger partial charge is 0.253 e. The van der Waals surface area contributed by atoms with E-state index in [4.69, 9.17) is 4.74 Å². The largest absolute Gasteiger partial charge is 0.497 e. The Morgan fingerprint density at radius 3 is 2.58 bits per heavy atom. The van der Waals surface area contributed by atoms with E-state index in [-0.39, 0.29) is 0 Å². The monoisotopic (exact) mass is 326 g/mol. The van der Waals surface area contributed by atoms with E-state index in [1.165, 1.54) is 37.7 Å². The number of hydrogen-bond donors (Lipinski definition) is 0. The predicted octanol–water partition coefficient (Wildman–Crippen LogP) is 3.08. The summed E-state index contributed by atoms with van der Waals surface area (Å²) in [7, 11) is 1.69. The number of carbonyl (C=O) groups is 1. The van der Waals surface area contributed by atoms with Crippen molar-refractivity contribution in [3.63, 3.8) is 0 Å². The van der Waals surface area contributed by atoms with Gasteiger partial charge in [0.1, 0.15) is 5.75 Å². The normalized spacial score (nSPS) is 37.6. The fourth-order valence-corrected chi connectivity index (χ4v) is 5.86. The zero-order valence-corrected chi connectivity index (χ0v) is 14.4. The number of ether oxygens (including phenoxy) is 1. The third-order valence-electron chi connectivity index (χ3n) is 7.09. The summed E-state index contributed by atoms with van der Waals surface area (Å²) >= 11 is 0. The number of amides is 1. The minimum absolute atomic E-state index is 0.326. The van der Waals surface area contributed by atoms with Gasteiger partial charge in [0.2, 0.25) is 0 Å². The Kier molecular flexibility index (Phi) is 3.37. The minimum atomic E-state index is 0.326. The fourth-order valence-electron chi connectivity index (χ4n) is 5.86. The summed E-state index contributed by atoms with van der Waals surface area (Å²) in [6.45, 7) is 1.40. The highest BCUT2D eigenvalue weighted by molar-refractivity contribution is 5.82. The van der Waals surface area contributed by atoms with Crippen LogP contribution in [0.1, 0.15) is 37.7 Å². The Bertz CT molecular complexity index is 644. The lowest BCUT2D eigenvalue weighted by molar-refractivity contribution is -0.194. The van der Waals surface area contributed by atoms with Crippen molar-refractivity contribution in [3.05, 3.63) is 29.8 Å². The van der Waals surface area contributed by atoms with Gasteiger partial charge in [-0.2, -0.15) is 0 Å². The van der Waals surface area contributed by atoms with Crippen LogP contribution in [0.4, 0.5) is 0 Å². The van der Waals surface area contributed by atoms with Crippen molar-refractivity contribution in [2.24, 2.45) is 23.7 Å². The first-order valence-electron chi connectivity index (χ1n) is 9.43. The highest BCUT2D eigenvalue weighted by Gasteiger charge is 2.54. The molecule has 5 atom stereocenters. The van der Waals surface area contributed by atoms with Crippen LogP contribution in [0, 0.1) is 23.7 Å². The van der Waals surface area contributed by atoms with Crippen molar-refractivity contribution < 1.29 is 9.53 Å². The molecule has 1 aromatic carbocycles. The first kappa shape index (κ1) is 14.8. The molecule has 4 aliphatic rings. The number of methoxy groups -OCH3 is 1. The third kappa shape index (κ3) is 2.19. The van der Waals surface area contributed by atoms with E-state index in [1.54, 1.807) is 7.11 Å². The minimum Gasteiger partial charge on any atom is -0.497 e. The quantitative estimate of drug-likeness (QED) is 0.852. The molecule has 0 N–H and O–H groups in total. The highest BCUT2D eigenvalue weighted by atomic mass is 16.5. The Morgan fingerprint density at radius 1 is 1.04 bits per heavy atom. The molecule has 24 heavy (non-hydrogen) atoms. The van der Waals surface area contributed by atoms with Gasteiger partial charge < -0.3 is 4.74 Å². The molecule has 0 spiro atoms. The lowest BCUT2D eigenvalue weighted by Gasteiger charge is -2.50. The maximum absolute atomic E-state index is 12.4. The van der Waals surface area contributed by atoms with E-state index < -0.39 is 0 Å². The molecule has 1 aliphatic heterocycles. The summed E-state index contributed by atoms with van der Waals surface area (Å²) in [5.74, 6) is 4.90. The Balaban J connectivity index is 1.30. The molecule has 1 aromatic rings. The molecule has 5 rings (SSSR count). The van der Waals surface area contributed by atoms with Gasteiger partial charge in [-0.1, -0.05) is 12.1 Å². The molecule has 2 bridgehead atoms. The zero-order valence-electron chi connectivity index (χ0n) is 14.4. The van der Waals surface area contributed by atoms with Gasteiger partial charge in [0, 0.05) is 6.54 Å². The average molecular weight is 326 g/mol. The lowest BCUT2D eigenvalue weighted by atomic mass is 9.64. The van der Waals surface area contributed by atoms with Crippen LogP contribution in [0.25, 0.3) is 0 Å². The lowest BCUT2D eigenvalue weighted by Crippen LogP contribution is -2.65. The molecule has 1 amide bonds. The number of carbonyl (C=O) groups excluding carboxylic acids is 1. The number of hydrazine groups is 1.